The first-order valence-corrected chi connectivity index (χ1v) is 5.28. The number of aromatic nitrogens is 3. The summed E-state index contributed by atoms with van der Waals surface area (Å²) in [5.74, 6) is 0.481. The average molecular weight is 237 g/mol. The molecule has 0 atom stereocenters. The first kappa shape index (κ1) is 10.8. The summed E-state index contributed by atoms with van der Waals surface area (Å²) in [6.45, 7) is 4.01. The molecule has 0 aliphatic carbocycles. The van der Waals surface area contributed by atoms with Crippen LogP contribution in [0.15, 0.2) is 21.3 Å². The zero-order valence-corrected chi connectivity index (χ0v) is 9.72. The Labute approximate surface area is 96.5 Å². The van der Waals surface area contributed by atoms with Crippen molar-refractivity contribution in [2.45, 2.75) is 19.8 Å². The number of hydrogen-bond acceptors (Lipinski definition) is 4. The van der Waals surface area contributed by atoms with E-state index in [0.717, 1.165) is 5.69 Å². The van der Waals surface area contributed by atoms with Gasteiger partial charge in [0.1, 0.15) is 5.56 Å². The zero-order chi connectivity index (χ0) is 11.7. The third-order valence-corrected chi connectivity index (χ3v) is 2.40. The van der Waals surface area contributed by atoms with Crippen molar-refractivity contribution in [3.63, 3.8) is 0 Å². The van der Waals surface area contributed by atoms with Crippen molar-refractivity contribution < 1.29 is 4.42 Å². The highest BCUT2D eigenvalue weighted by Gasteiger charge is 2.10. The molecule has 0 bridgehead atoms. The molecule has 84 valence electrons. The van der Waals surface area contributed by atoms with Gasteiger partial charge in [0.15, 0.2) is 0 Å². The number of nitrogens with zero attached hydrogens (tertiary/aromatic N) is 1. The van der Waals surface area contributed by atoms with Crippen LogP contribution in [0.4, 0.5) is 0 Å². The van der Waals surface area contributed by atoms with Crippen LogP contribution < -0.4 is 5.56 Å². The minimum absolute atomic E-state index is 0.155. The molecule has 2 heterocycles. The minimum atomic E-state index is -0.226. The Morgan fingerprint density at radius 2 is 2.19 bits per heavy atom. The third-order valence-electron chi connectivity index (χ3n) is 2.22. The highest BCUT2D eigenvalue weighted by Crippen LogP contribution is 2.14. The van der Waals surface area contributed by atoms with Crippen LogP contribution in [0, 0.1) is 4.84 Å². The van der Waals surface area contributed by atoms with Gasteiger partial charge in [-0.15, -0.1) is 5.10 Å². The summed E-state index contributed by atoms with van der Waals surface area (Å²) in [5.41, 5.74) is 1.02. The fourth-order valence-corrected chi connectivity index (χ4v) is 1.46. The molecule has 6 heteroatoms. The number of hydrogen-bond donors (Lipinski definition) is 2. The third kappa shape index (κ3) is 1.96. The van der Waals surface area contributed by atoms with Crippen LogP contribution in [0.1, 0.15) is 25.5 Å². The van der Waals surface area contributed by atoms with Gasteiger partial charge in [0, 0.05) is 5.69 Å². The Balaban J connectivity index is 2.52. The molecule has 0 unspecified atom stereocenters. The summed E-state index contributed by atoms with van der Waals surface area (Å²) in [6, 6.07) is 3.53. The van der Waals surface area contributed by atoms with Crippen LogP contribution in [-0.2, 0) is 0 Å². The molecule has 0 aliphatic rings. The van der Waals surface area contributed by atoms with Gasteiger partial charge in [-0.3, -0.25) is 4.79 Å². The van der Waals surface area contributed by atoms with Gasteiger partial charge in [0.05, 0.1) is 0 Å². The second kappa shape index (κ2) is 4.05. The Hall–Kier alpha value is -1.69. The molecule has 0 fully saturated rings. The van der Waals surface area contributed by atoms with Gasteiger partial charge in [0.2, 0.25) is 0 Å². The normalized spacial score (nSPS) is 10.9. The fourth-order valence-electron chi connectivity index (χ4n) is 1.34. The van der Waals surface area contributed by atoms with E-state index >= 15 is 0 Å². The predicted molar refractivity (Wildman–Crippen MR) is 61.8 cm³/mol. The van der Waals surface area contributed by atoms with Crippen molar-refractivity contribution in [3.05, 3.63) is 33.0 Å². The standard InChI is InChI=1S/C10H11N3O2S/c1-5(2)7-4-3-6(8(14)11-7)9-12-13-10(16)15-9/h3-5H,1-2H3,(H,11,14)(H,13,16). The molecule has 5 nitrogen and oxygen atoms in total. The lowest BCUT2D eigenvalue weighted by atomic mass is 10.1. The summed E-state index contributed by atoms with van der Waals surface area (Å²) in [5, 5.41) is 6.28. The quantitative estimate of drug-likeness (QED) is 0.785. The van der Waals surface area contributed by atoms with Crippen LogP contribution in [0.25, 0.3) is 11.5 Å². The molecule has 0 saturated heterocycles. The van der Waals surface area contributed by atoms with Crippen LogP contribution in [0.2, 0.25) is 0 Å². The van der Waals surface area contributed by atoms with Gasteiger partial charge < -0.3 is 9.40 Å². The molecule has 0 spiro atoms. The molecular formula is C10H11N3O2S. The number of aromatic amines is 2. The topological polar surface area (TPSA) is 74.7 Å². The van der Waals surface area contributed by atoms with E-state index in [1.54, 1.807) is 6.07 Å². The number of nitrogens with one attached hydrogen (secondary N) is 2. The second-order valence-electron chi connectivity index (χ2n) is 3.73. The van der Waals surface area contributed by atoms with E-state index in [1.165, 1.54) is 0 Å². The van der Waals surface area contributed by atoms with Gasteiger partial charge >= 0.3 is 0 Å². The number of H-pyrrole nitrogens is 2. The summed E-state index contributed by atoms with van der Waals surface area (Å²) in [6.07, 6.45) is 0. The van der Waals surface area contributed by atoms with E-state index in [4.69, 9.17) is 16.6 Å². The second-order valence-corrected chi connectivity index (χ2v) is 4.10. The molecule has 2 N–H and O–H groups in total. The van der Waals surface area contributed by atoms with Crippen molar-refractivity contribution in [2.75, 3.05) is 0 Å². The van der Waals surface area contributed by atoms with Gasteiger partial charge in [0.25, 0.3) is 16.3 Å². The lowest BCUT2D eigenvalue weighted by Crippen LogP contribution is -2.12. The van der Waals surface area contributed by atoms with Gasteiger partial charge in [-0.2, -0.15) is 0 Å². The van der Waals surface area contributed by atoms with Crippen LogP contribution in [-0.4, -0.2) is 15.2 Å². The molecule has 0 saturated carbocycles. The molecule has 0 radical (unpaired) electrons. The van der Waals surface area contributed by atoms with E-state index in [0.29, 0.717) is 5.56 Å². The monoisotopic (exact) mass is 237 g/mol. The van der Waals surface area contributed by atoms with Crippen molar-refractivity contribution in [2.24, 2.45) is 0 Å². The average Bonchev–Trinajstić information content (AvgIpc) is 2.64. The molecule has 0 aliphatic heterocycles. The number of rotatable bonds is 2. The maximum absolute atomic E-state index is 11.8. The summed E-state index contributed by atoms with van der Waals surface area (Å²) < 4.78 is 5.08. The summed E-state index contributed by atoms with van der Waals surface area (Å²) >= 11 is 4.75. The Morgan fingerprint density at radius 1 is 1.44 bits per heavy atom. The molecule has 0 aromatic carbocycles. The fraction of sp³-hybridized carbons (Fsp3) is 0.300. The van der Waals surface area contributed by atoms with E-state index < -0.39 is 0 Å². The number of pyridine rings is 1. The van der Waals surface area contributed by atoms with Gasteiger partial charge in [-0.25, -0.2) is 5.10 Å². The Kier molecular flexibility index (Phi) is 2.74. The van der Waals surface area contributed by atoms with Crippen molar-refractivity contribution in [1.82, 2.24) is 15.2 Å². The van der Waals surface area contributed by atoms with Crippen molar-refractivity contribution in [1.29, 1.82) is 0 Å². The lowest BCUT2D eigenvalue weighted by molar-refractivity contribution is 0.551. The van der Waals surface area contributed by atoms with E-state index in [2.05, 4.69) is 15.2 Å². The lowest BCUT2D eigenvalue weighted by Gasteiger charge is -2.04. The summed E-state index contributed by atoms with van der Waals surface area (Å²) in [4.78, 5) is 14.7. The largest absolute Gasteiger partial charge is 0.409 e. The minimum Gasteiger partial charge on any atom is -0.409 e. The molecule has 16 heavy (non-hydrogen) atoms. The zero-order valence-electron chi connectivity index (χ0n) is 8.90. The van der Waals surface area contributed by atoms with Crippen LogP contribution in [0.5, 0.6) is 0 Å². The first-order valence-electron chi connectivity index (χ1n) is 4.87. The smallest absolute Gasteiger partial charge is 0.284 e. The highest BCUT2D eigenvalue weighted by atomic mass is 32.1. The van der Waals surface area contributed by atoms with E-state index in [-0.39, 0.29) is 22.2 Å². The molecule has 0 amide bonds. The van der Waals surface area contributed by atoms with E-state index in [9.17, 15) is 4.79 Å². The molecule has 2 aromatic heterocycles. The van der Waals surface area contributed by atoms with Crippen LogP contribution in [0.3, 0.4) is 0 Å². The van der Waals surface area contributed by atoms with Crippen LogP contribution >= 0.6 is 12.2 Å². The SMILES string of the molecule is CC(C)c1ccc(-c2n[nH]c(=S)o2)c(=O)[nH]1. The van der Waals surface area contributed by atoms with Crippen molar-refractivity contribution >= 4 is 12.2 Å². The first-order chi connectivity index (χ1) is 7.58. The maximum atomic E-state index is 11.8. The Morgan fingerprint density at radius 3 is 2.69 bits per heavy atom. The van der Waals surface area contributed by atoms with E-state index in [1.807, 2.05) is 19.9 Å². The predicted octanol–water partition coefficient (Wildman–Crippen LogP) is 2.21. The van der Waals surface area contributed by atoms with Gasteiger partial charge in [-0.1, -0.05) is 13.8 Å². The molecular weight excluding hydrogens is 226 g/mol. The van der Waals surface area contributed by atoms with Gasteiger partial charge in [-0.05, 0) is 30.3 Å². The maximum Gasteiger partial charge on any atom is 0.284 e. The summed E-state index contributed by atoms with van der Waals surface area (Å²) in [7, 11) is 0. The highest BCUT2D eigenvalue weighted by molar-refractivity contribution is 7.71. The Bertz CT molecular complexity index is 609. The van der Waals surface area contributed by atoms with Crippen molar-refractivity contribution in [3.8, 4) is 11.5 Å². The molecule has 2 rings (SSSR count). The molecule has 2 aromatic rings.